The third-order valence-electron chi connectivity index (χ3n) is 4.40. The van der Waals surface area contributed by atoms with E-state index in [1.54, 1.807) is 6.92 Å². The van der Waals surface area contributed by atoms with E-state index in [4.69, 9.17) is 0 Å². The van der Waals surface area contributed by atoms with E-state index in [9.17, 15) is 15.0 Å². The van der Waals surface area contributed by atoms with Gasteiger partial charge in [-0.25, -0.2) is 0 Å². The Bertz CT molecular complexity index is 512. The molecule has 0 aliphatic heterocycles. The molecule has 0 aromatic heterocycles. The Morgan fingerprint density at radius 2 is 1.86 bits per heavy atom. The Morgan fingerprint density at radius 3 is 2.36 bits per heavy atom. The molecular formula is C18H27NO3. The normalized spacial score (nSPS) is 18.8. The molecule has 0 bridgehead atoms. The topological polar surface area (TPSA) is 69.6 Å². The van der Waals surface area contributed by atoms with Crippen molar-refractivity contribution in [3.05, 3.63) is 35.4 Å². The Kier molecular flexibility index (Phi) is 4.93. The standard InChI is InChI=1S/C18H27NO3/c1-13(2)8-9-17(3,21)12-19-16(20)18(22)10-14-6-4-5-7-15(14)11-18/h4-7,13,21-22H,8-12H2,1-3H3,(H,19,20)/t17-/m1/s1. The first-order valence-electron chi connectivity index (χ1n) is 8.02. The second kappa shape index (κ2) is 6.39. The third-order valence-corrected chi connectivity index (χ3v) is 4.40. The molecule has 4 heteroatoms. The Balaban J connectivity index is 1.91. The average Bonchev–Trinajstić information content (AvgIpc) is 2.80. The first-order valence-corrected chi connectivity index (χ1v) is 8.02. The van der Waals surface area contributed by atoms with Gasteiger partial charge in [0.25, 0.3) is 5.91 Å². The van der Waals surface area contributed by atoms with Gasteiger partial charge in [-0.05, 0) is 36.8 Å². The highest BCUT2D eigenvalue weighted by atomic mass is 16.3. The van der Waals surface area contributed by atoms with Crippen LogP contribution in [0.25, 0.3) is 0 Å². The molecule has 1 atom stereocenters. The summed E-state index contributed by atoms with van der Waals surface area (Å²) in [7, 11) is 0. The predicted octanol–water partition coefficient (Wildman–Crippen LogP) is 1.82. The van der Waals surface area contributed by atoms with Crippen molar-refractivity contribution in [1.82, 2.24) is 5.32 Å². The quantitative estimate of drug-likeness (QED) is 0.751. The second-order valence-corrected chi connectivity index (χ2v) is 7.27. The van der Waals surface area contributed by atoms with Gasteiger partial charge in [0.05, 0.1) is 5.60 Å². The number of carbonyl (C=O) groups excluding carboxylic acids is 1. The molecule has 0 radical (unpaired) electrons. The lowest BCUT2D eigenvalue weighted by Crippen LogP contribution is -2.51. The molecule has 1 aliphatic carbocycles. The van der Waals surface area contributed by atoms with Crippen molar-refractivity contribution in [3.63, 3.8) is 0 Å². The minimum absolute atomic E-state index is 0.164. The highest BCUT2D eigenvalue weighted by Gasteiger charge is 2.42. The van der Waals surface area contributed by atoms with Crippen LogP contribution in [0.5, 0.6) is 0 Å². The van der Waals surface area contributed by atoms with Crippen molar-refractivity contribution in [2.75, 3.05) is 6.54 Å². The number of hydrogen-bond donors (Lipinski definition) is 3. The van der Waals surface area contributed by atoms with Gasteiger partial charge in [-0.2, -0.15) is 0 Å². The van der Waals surface area contributed by atoms with Crippen molar-refractivity contribution >= 4 is 5.91 Å². The molecule has 122 valence electrons. The van der Waals surface area contributed by atoms with E-state index in [0.717, 1.165) is 17.5 Å². The molecule has 0 saturated heterocycles. The number of hydrogen-bond acceptors (Lipinski definition) is 3. The maximum absolute atomic E-state index is 12.3. The molecule has 0 fully saturated rings. The van der Waals surface area contributed by atoms with Crippen LogP contribution in [0.4, 0.5) is 0 Å². The molecule has 0 heterocycles. The maximum atomic E-state index is 12.3. The smallest absolute Gasteiger partial charge is 0.252 e. The van der Waals surface area contributed by atoms with Gasteiger partial charge in [-0.15, -0.1) is 0 Å². The summed E-state index contributed by atoms with van der Waals surface area (Å²) < 4.78 is 0. The SMILES string of the molecule is CC(C)CC[C@@](C)(O)CNC(=O)C1(O)Cc2ccccc2C1. The monoisotopic (exact) mass is 305 g/mol. The molecule has 22 heavy (non-hydrogen) atoms. The fourth-order valence-electron chi connectivity index (χ4n) is 2.88. The van der Waals surface area contributed by atoms with E-state index >= 15 is 0 Å². The van der Waals surface area contributed by atoms with Crippen LogP contribution in [-0.2, 0) is 17.6 Å². The lowest BCUT2D eigenvalue weighted by atomic mass is 9.94. The number of nitrogens with one attached hydrogen (secondary N) is 1. The summed E-state index contributed by atoms with van der Waals surface area (Å²) in [6.45, 7) is 6.10. The Morgan fingerprint density at radius 1 is 1.32 bits per heavy atom. The summed E-state index contributed by atoms with van der Waals surface area (Å²) >= 11 is 0. The zero-order chi connectivity index (χ0) is 16.4. The van der Waals surface area contributed by atoms with Gasteiger partial charge in [-0.1, -0.05) is 38.1 Å². The van der Waals surface area contributed by atoms with E-state index in [1.165, 1.54) is 0 Å². The summed E-state index contributed by atoms with van der Waals surface area (Å²) in [6, 6.07) is 7.72. The zero-order valence-corrected chi connectivity index (χ0v) is 13.7. The van der Waals surface area contributed by atoms with E-state index in [2.05, 4.69) is 19.2 Å². The highest BCUT2D eigenvalue weighted by molar-refractivity contribution is 5.86. The number of benzene rings is 1. The van der Waals surface area contributed by atoms with Crippen LogP contribution in [-0.4, -0.2) is 33.9 Å². The van der Waals surface area contributed by atoms with E-state index in [-0.39, 0.29) is 6.54 Å². The van der Waals surface area contributed by atoms with Crippen molar-refractivity contribution in [2.24, 2.45) is 5.92 Å². The summed E-state index contributed by atoms with van der Waals surface area (Å²) in [4.78, 5) is 12.3. The Hall–Kier alpha value is -1.39. The van der Waals surface area contributed by atoms with Crippen molar-refractivity contribution in [3.8, 4) is 0 Å². The molecule has 1 amide bonds. The van der Waals surface area contributed by atoms with Crippen molar-refractivity contribution in [1.29, 1.82) is 0 Å². The summed E-state index contributed by atoms with van der Waals surface area (Å²) in [5.41, 5.74) is -0.294. The molecule has 0 saturated carbocycles. The summed E-state index contributed by atoms with van der Waals surface area (Å²) in [5, 5.41) is 23.6. The predicted molar refractivity (Wildman–Crippen MR) is 86.5 cm³/mol. The zero-order valence-electron chi connectivity index (χ0n) is 13.7. The number of amides is 1. The van der Waals surface area contributed by atoms with Gasteiger partial charge in [0.2, 0.25) is 0 Å². The molecular weight excluding hydrogens is 278 g/mol. The second-order valence-electron chi connectivity index (χ2n) is 7.27. The van der Waals surface area contributed by atoms with Crippen LogP contribution in [0.2, 0.25) is 0 Å². The number of carbonyl (C=O) groups is 1. The molecule has 1 aromatic carbocycles. The molecule has 1 aliphatic rings. The van der Waals surface area contributed by atoms with Crippen LogP contribution in [0.1, 0.15) is 44.7 Å². The average molecular weight is 305 g/mol. The largest absolute Gasteiger partial charge is 0.388 e. The molecule has 2 rings (SSSR count). The van der Waals surface area contributed by atoms with Gasteiger partial charge in [0.1, 0.15) is 0 Å². The maximum Gasteiger partial charge on any atom is 0.252 e. The van der Waals surface area contributed by atoms with Crippen LogP contribution in [0, 0.1) is 5.92 Å². The molecule has 3 N–H and O–H groups in total. The fourth-order valence-corrected chi connectivity index (χ4v) is 2.88. The minimum Gasteiger partial charge on any atom is -0.388 e. The van der Waals surface area contributed by atoms with Crippen molar-refractivity contribution in [2.45, 2.75) is 57.7 Å². The summed E-state index contributed by atoms with van der Waals surface area (Å²) in [5.74, 6) is 0.115. The highest BCUT2D eigenvalue weighted by Crippen LogP contribution is 2.30. The molecule has 4 nitrogen and oxygen atoms in total. The number of fused-ring (bicyclic) bond motifs is 1. The minimum atomic E-state index is -1.39. The van der Waals surface area contributed by atoms with Crippen molar-refractivity contribution < 1.29 is 15.0 Å². The van der Waals surface area contributed by atoms with E-state index in [0.29, 0.717) is 25.2 Å². The van der Waals surface area contributed by atoms with Crippen LogP contribution < -0.4 is 5.32 Å². The van der Waals surface area contributed by atoms with Crippen LogP contribution in [0.3, 0.4) is 0 Å². The van der Waals surface area contributed by atoms with Gasteiger partial charge < -0.3 is 15.5 Å². The van der Waals surface area contributed by atoms with Gasteiger partial charge in [-0.3, -0.25) is 4.79 Å². The van der Waals surface area contributed by atoms with Gasteiger partial charge in [0.15, 0.2) is 5.60 Å². The lowest BCUT2D eigenvalue weighted by Gasteiger charge is -2.27. The van der Waals surface area contributed by atoms with E-state index in [1.807, 2.05) is 24.3 Å². The molecule has 0 unspecified atom stereocenters. The number of rotatable bonds is 6. The number of aliphatic hydroxyl groups is 2. The first-order chi connectivity index (χ1) is 10.2. The summed E-state index contributed by atoms with van der Waals surface area (Å²) in [6.07, 6.45) is 2.20. The first kappa shape index (κ1) is 17.0. The Labute approximate surface area is 132 Å². The van der Waals surface area contributed by atoms with Gasteiger partial charge in [0, 0.05) is 19.4 Å². The fraction of sp³-hybridized carbons (Fsp3) is 0.611. The molecule has 0 spiro atoms. The van der Waals surface area contributed by atoms with E-state index < -0.39 is 17.1 Å². The third kappa shape index (κ3) is 4.08. The van der Waals surface area contributed by atoms with Crippen LogP contribution in [0.15, 0.2) is 24.3 Å². The molecule has 1 aromatic rings. The van der Waals surface area contributed by atoms with Crippen LogP contribution >= 0.6 is 0 Å². The lowest BCUT2D eigenvalue weighted by molar-refractivity contribution is -0.140. The van der Waals surface area contributed by atoms with Gasteiger partial charge >= 0.3 is 0 Å².